The molecule has 1 heterocycles. The lowest BCUT2D eigenvalue weighted by atomic mass is 9.79. The number of ether oxygens (including phenoxy) is 2. The molecule has 0 aliphatic carbocycles. The SMILES string of the molecule is COc1ccc(C(C)C)cc1[C@@H]1NC(=O)OCC1(C)C. The summed E-state index contributed by atoms with van der Waals surface area (Å²) < 4.78 is 10.6. The number of carbonyl (C=O) groups excluding carboxylic acids is 1. The molecule has 1 aliphatic rings. The van der Waals surface area contributed by atoms with Crippen molar-refractivity contribution in [2.24, 2.45) is 5.41 Å². The minimum atomic E-state index is -0.369. The van der Waals surface area contributed by atoms with Crippen molar-refractivity contribution in [3.63, 3.8) is 0 Å². The van der Waals surface area contributed by atoms with Gasteiger partial charge >= 0.3 is 6.09 Å². The van der Waals surface area contributed by atoms with Gasteiger partial charge in [-0.25, -0.2) is 4.79 Å². The first-order valence-electron chi connectivity index (χ1n) is 6.96. The monoisotopic (exact) mass is 277 g/mol. The maximum absolute atomic E-state index is 11.6. The minimum absolute atomic E-state index is 0.114. The zero-order valence-electron chi connectivity index (χ0n) is 12.8. The maximum atomic E-state index is 11.6. The van der Waals surface area contributed by atoms with E-state index in [4.69, 9.17) is 9.47 Å². The predicted octanol–water partition coefficient (Wildman–Crippen LogP) is 3.63. The summed E-state index contributed by atoms with van der Waals surface area (Å²) in [7, 11) is 1.65. The van der Waals surface area contributed by atoms with Crippen LogP contribution in [-0.2, 0) is 4.74 Å². The van der Waals surface area contributed by atoms with Crippen LogP contribution in [0.25, 0.3) is 0 Å². The van der Waals surface area contributed by atoms with Crippen molar-refractivity contribution in [3.05, 3.63) is 29.3 Å². The van der Waals surface area contributed by atoms with E-state index < -0.39 is 0 Å². The predicted molar refractivity (Wildman–Crippen MR) is 78.1 cm³/mol. The van der Waals surface area contributed by atoms with Gasteiger partial charge in [0.1, 0.15) is 12.4 Å². The van der Waals surface area contributed by atoms with Crippen LogP contribution in [0, 0.1) is 5.41 Å². The lowest BCUT2D eigenvalue weighted by Gasteiger charge is -2.39. The van der Waals surface area contributed by atoms with Crippen LogP contribution < -0.4 is 10.1 Å². The standard InChI is InChI=1S/C16H23NO3/c1-10(2)11-6-7-13(19-5)12(8-11)14-16(3,4)9-20-15(18)17-14/h6-8,10,14H,9H2,1-5H3,(H,17,18)/t14-/m0/s1. The fourth-order valence-corrected chi connectivity index (χ4v) is 2.53. The number of hydrogen-bond donors (Lipinski definition) is 1. The Bertz CT molecular complexity index is 508. The van der Waals surface area contributed by atoms with Gasteiger partial charge in [0.25, 0.3) is 0 Å². The molecule has 1 saturated heterocycles. The molecule has 2 rings (SSSR count). The molecular formula is C16H23NO3. The summed E-state index contributed by atoms with van der Waals surface area (Å²) in [6.45, 7) is 8.87. The Labute approximate surface area is 120 Å². The molecule has 110 valence electrons. The smallest absolute Gasteiger partial charge is 0.407 e. The minimum Gasteiger partial charge on any atom is -0.496 e. The molecule has 0 saturated carbocycles. The second kappa shape index (κ2) is 5.35. The highest BCUT2D eigenvalue weighted by atomic mass is 16.6. The fraction of sp³-hybridized carbons (Fsp3) is 0.562. The molecule has 4 nitrogen and oxygen atoms in total. The van der Waals surface area contributed by atoms with E-state index in [2.05, 4.69) is 45.1 Å². The molecular weight excluding hydrogens is 254 g/mol. The number of cyclic esters (lactones) is 1. The van der Waals surface area contributed by atoms with Gasteiger partial charge in [-0.2, -0.15) is 0 Å². The van der Waals surface area contributed by atoms with Crippen LogP contribution in [0.3, 0.4) is 0 Å². The number of nitrogens with one attached hydrogen (secondary N) is 1. The highest BCUT2D eigenvalue weighted by molar-refractivity contribution is 5.69. The number of rotatable bonds is 3. The summed E-state index contributed by atoms with van der Waals surface area (Å²) in [5, 5.41) is 2.92. The van der Waals surface area contributed by atoms with Crippen molar-refractivity contribution >= 4 is 6.09 Å². The van der Waals surface area contributed by atoms with Gasteiger partial charge in [-0.05, 0) is 23.6 Å². The Morgan fingerprint density at radius 2 is 2.10 bits per heavy atom. The number of alkyl carbamates (subject to hydrolysis) is 1. The van der Waals surface area contributed by atoms with E-state index in [-0.39, 0.29) is 17.6 Å². The average molecular weight is 277 g/mol. The molecule has 1 aromatic carbocycles. The van der Waals surface area contributed by atoms with Gasteiger partial charge in [0.15, 0.2) is 0 Å². The summed E-state index contributed by atoms with van der Waals surface area (Å²) in [6.07, 6.45) is -0.369. The summed E-state index contributed by atoms with van der Waals surface area (Å²) in [6, 6.07) is 6.06. The molecule has 1 atom stereocenters. The van der Waals surface area contributed by atoms with E-state index in [1.807, 2.05) is 6.07 Å². The molecule has 0 bridgehead atoms. The van der Waals surface area contributed by atoms with Gasteiger partial charge in [-0.3, -0.25) is 0 Å². The molecule has 0 aromatic heterocycles. The Hall–Kier alpha value is -1.71. The maximum Gasteiger partial charge on any atom is 0.407 e. The summed E-state index contributed by atoms with van der Waals surface area (Å²) in [4.78, 5) is 11.6. The van der Waals surface area contributed by atoms with E-state index in [9.17, 15) is 4.79 Å². The highest BCUT2D eigenvalue weighted by Gasteiger charge is 2.39. The van der Waals surface area contributed by atoms with Gasteiger partial charge in [0.2, 0.25) is 0 Å². The largest absolute Gasteiger partial charge is 0.496 e. The van der Waals surface area contributed by atoms with Crippen molar-refractivity contribution in [2.75, 3.05) is 13.7 Å². The second-order valence-electron chi connectivity index (χ2n) is 6.30. The van der Waals surface area contributed by atoms with Crippen molar-refractivity contribution in [3.8, 4) is 5.75 Å². The van der Waals surface area contributed by atoms with Crippen LogP contribution in [0.4, 0.5) is 4.79 Å². The first kappa shape index (κ1) is 14.7. The molecule has 1 aliphatic heterocycles. The molecule has 20 heavy (non-hydrogen) atoms. The second-order valence-corrected chi connectivity index (χ2v) is 6.30. The van der Waals surface area contributed by atoms with Crippen molar-refractivity contribution in [1.29, 1.82) is 0 Å². The third kappa shape index (κ3) is 2.74. The molecule has 0 radical (unpaired) electrons. The quantitative estimate of drug-likeness (QED) is 0.917. The van der Waals surface area contributed by atoms with E-state index in [1.54, 1.807) is 7.11 Å². The van der Waals surface area contributed by atoms with Crippen LogP contribution >= 0.6 is 0 Å². The molecule has 1 aromatic rings. The number of benzene rings is 1. The number of amides is 1. The molecule has 1 N–H and O–H groups in total. The molecule has 1 amide bonds. The summed E-state index contributed by atoms with van der Waals surface area (Å²) in [5.74, 6) is 1.23. The lowest BCUT2D eigenvalue weighted by Crippen LogP contribution is -2.47. The third-order valence-corrected chi connectivity index (χ3v) is 3.85. The highest BCUT2D eigenvalue weighted by Crippen LogP contribution is 2.41. The summed E-state index contributed by atoms with van der Waals surface area (Å²) in [5.41, 5.74) is 2.06. The van der Waals surface area contributed by atoms with E-state index in [0.29, 0.717) is 12.5 Å². The van der Waals surface area contributed by atoms with Crippen LogP contribution in [-0.4, -0.2) is 19.8 Å². The van der Waals surface area contributed by atoms with Crippen molar-refractivity contribution in [2.45, 2.75) is 39.7 Å². The summed E-state index contributed by atoms with van der Waals surface area (Å²) >= 11 is 0. The first-order valence-corrected chi connectivity index (χ1v) is 6.96. The van der Waals surface area contributed by atoms with E-state index in [0.717, 1.165) is 11.3 Å². The van der Waals surface area contributed by atoms with Gasteiger partial charge in [-0.1, -0.05) is 33.8 Å². The van der Waals surface area contributed by atoms with Crippen LogP contribution in [0.1, 0.15) is 50.8 Å². The van der Waals surface area contributed by atoms with Crippen LogP contribution in [0.15, 0.2) is 18.2 Å². The number of carbonyl (C=O) groups is 1. The molecule has 0 unspecified atom stereocenters. The molecule has 0 spiro atoms. The van der Waals surface area contributed by atoms with Crippen LogP contribution in [0.5, 0.6) is 5.75 Å². The number of methoxy groups -OCH3 is 1. The fourth-order valence-electron chi connectivity index (χ4n) is 2.53. The lowest BCUT2D eigenvalue weighted by molar-refractivity contribution is 0.0381. The number of hydrogen-bond acceptors (Lipinski definition) is 3. The van der Waals surface area contributed by atoms with Gasteiger partial charge in [0.05, 0.1) is 13.2 Å². The third-order valence-electron chi connectivity index (χ3n) is 3.85. The first-order chi connectivity index (χ1) is 9.35. The van der Waals surface area contributed by atoms with Gasteiger partial charge < -0.3 is 14.8 Å². The van der Waals surface area contributed by atoms with Crippen molar-refractivity contribution < 1.29 is 14.3 Å². The van der Waals surface area contributed by atoms with E-state index >= 15 is 0 Å². The van der Waals surface area contributed by atoms with Crippen LogP contribution in [0.2, 0.25) is 0 Å². The molecule has 1 fully saturated rings. The average Bonchev–Trinajstić information content (AvgIpc) is 2.40. The Balaban J connectivity index is 2.47. The Morgan fingerprint density at radius 1 is 1.40 bits per heavy atom. The Morgan fingerprint density at radius 3 is 2.70 bits per heavy atom. The zero-order chi connectivity index (χ0) is 14.9. The van der Waals surface area contributed by atoms with E-state index in [1.165, 1.54) is 5.56 Å². The Kier molecular flexibility index (Phi) is 3.93. The van der Waals surface area contributed by atoms with Gasteiger partial charge in [0, 0.05) is 11.0 Å². The normalized spacial score (nSPS) is 21.3. The van der Waals surface area contributed by atoms with Crippen molar-refractivity contribution in [1.82, 2.24) is 5.32 Å². The van der Waals surface area contributed by atoms with Gasteiger partial charge in [-0.15, -0.1) is 0 Å². The zero-order valence-corrected chi connectivity index (χ0v) is 12.8. The molecule has 4 heteroatoms. The topological polar surface area (TPSA) is 47.6 Å².